The summed E-state index contributed by atoms with van der Waals surface area (Å²) in [5, 5.41) is 6.33. The molecule has 0 aromatic carbocycles. The number of carbonyl (C=O) groups excluding carboxylic acids is 1. The summed E-state index contributed by atoms with van der Waals surface area (Å²) in [5.74, 6) is 1.17. The van der Waals surface area contributed by atoms with E-state index < -0.39 is 5.41 Å². The number of fused-ring (bicyclic) bond motifs is 1. The Morgan fingerprint density at radius 2 is 1.89 bits per heavy atom. The van der Waals surface area contributed by atoms with Gasteiger partial charge in [-0.25, -0.2) is 9.97 Å². The average Bonchev–Trinajstić information content (AvgIpc) is 3.35. The van der Waals surface area contributed by atoms with Gasteiger partial charge in [0, 0.05) is 11.6 Å². The molecule has 0 bridgehead atoms. The van der Waals surface area contributed by atoms with Crippen LogP contribution in [0.5, 0.6) is 0 Å². The summed E-state index contributed by atoms with van der Waals surface area (Å²) in [7, 11) is 0. The predicted octanol–water partition coefficient (Wildman–Crippen LogP) is 1.85. The highest BCUT2D eigenvalue weighted by Gasteiger charge is 2.48. The summed E-state index contributed by atoms with van der Waals surface area (Å²) < 4.78 is 17.2. The molecule has 4 rings (SSSR count). The first-order valence-electron chi connectivity index (χ1n) is 9.09. The third-order valence-corrected chi connectivity index (χ3v) is 4.79. The minimum Gasteiger partial charge on any atom is -0.463 e. The van der Waals surface area contributed by atoms with Gasteiger partial charge in [0.15, 0.2) is 5.76 Å². The molecule has 4 heterocycles. The Bertz CT molecular complexity index is 802. The zero-order valence-corrected chi connectivity index (χ0v) is 15.6. The molecule has 2 aromatic rings. The Morgan fingerprint density at radius 3 is 2.59 bits per heavy atom. The van der Waals surface area contributed by atoms with Crippen molar-refractivity contribution < 1.29 is 18.7 Å². The van der Waals surface area contributed by atoms with Gasteiger partial charge in [-0.15, -0.1) is 0 Å². The second kappa shape index (κ2) is 6.94. The number of hydrogen-bond donors (Lipinski definition) is 2. The largest absolute Gasteiger partial charge is 0.463 e. The number of anilines is 1. The van der Waals surface area contributed by atoms with Crippen LogP contribution >= 0.6 is 0 Å². The first kappa shape index (κ1) is 17.9. The molecule has 2 saturated heterocycles. The predicted molar refractivity (Wildman–Crippen MR) is 98.0 cm³/mol. The minimum atomic E-state index is -0.450. The van der Waals surface area contributed by atoms with Crippen molar-refractivity contribution in [2.24, 2.45) is 5.41 Å². The Balaban J connectivity index is 1.41. The molecule has 2 aromatic heterocycles. The molecule has 4 atom stereocenters. The summed E-state index contributed by atoms with van der Waals surface area (Å²) in [6, 6.07) is 5.23. The maximum absolute atomic E-state index is 12.3. The Morgan fingerprint density at radius 1 is 1.15 bits per heavy atom. The van der Waals surface area contributed by atoms with Gasteiger partial charge in [-0.3, -0.25) is 4.79 Å². The number of furan rings is 1. The molecule has 2 N–H and O–H groups in total. The van der Waals surface area contributed by atoms with Crippen molar-refractivity contribution >= 4 is 11.9 Å². The number of amides is 1. The minimum absolute atomic E-state index is 0.00811. The molecular weight excluding hydrogens is 348 g/mol. The first-order chi connectivity index (χ1) is 12.9. The molecule has 0 aliphatic carbocycles. The van der Waals surface area contributed by atoms with E-state index in [0.29, 0.717) is 30.6 Å². The quantitative estimate of drug-likeness (QED) is 0.845. The molecular formula is C19H24N4O4. The van der Waals surface area contributed by atoms with Gasteiger partial charge in [-0.1, -0.05) is 20.8 Å². The van der Waals surface area contributed by atoms with Crippen LogP contribution in [0.1, 0.15) is 20.8 Å². The zero-order chi connectivity index (χ0) is 19.0. The van der Waals surface area contributed by atoms with Gasteiger partial charge >= 0.3 is 0 Å². The number of aromatic nitrogens is 2. The van der Waals surface area contributed by atoms with Gasteiger partial charge in [0.25, 0.3) is 0 Å². The maximum Gasteiger partial charge on any atom is 0.225 e. The number of nitrogens with one attached hydrogen (secondary N) is 2. The van der Waals surface area contributed by atoms with E-state index in [0.717, 1.165) is 0 Å². The van der Waals surface area contributed by atoms with Gasteiger partial charge in [0.1, 0.15) is 17.9 Å². The van der Waals surface area contributed by atoms with E-state index in [9.17, 15) is 4.79 Å². The third kappa shape index (κ3) is 3.68. The van der Waals surface area contributed by atoms with E-state index in [1.807, 2.05) is 32.9 Å². The van der Waals surface area contributed by atoms with Crippen LogP contribution < -0.4 is 10.6 Å². The number of nitrogens with zero attached hydrogens (tertiary/aromatic N) is 2. The Kier molecular flexibility index (Phi) is 4.61. The molecule has 8 heteroatoms. The SMILES string of the molecule is CC(C)(C)C(=O)N[C@@H]1CO[C@@H]2[C@@H]1OC[C@@H]2Nc1nccc(-c2ccco2)n1. The Hall–Kier alpha value is -2.45. The van der Waals surface area contributed by atoms with Crippen molar-refractivity contribution in [2.45, 2.75) is 45.1 Å². The van der Waals surface area contributed by atoms with Gasteiger partial charge in [0.2, 0.25) is 11.9 Å². The van der Waals surface area contributed by atoms with Crippen molar-refractivity contribution in [2.75, 3.05) is 18.5 Å². The lowest BCUT2D eigenvalue weighted by Crippen LogP contribution is -2.48. The summed E-state index contributed by atoms with van der Waals surface area (Å²) in [5.41, 5.74) is 0.254. The van der Waals surface area contributed by atoms with Crippen LogP contribution in [0.3, 0.4) is 0 Å². The van der Waals surface area contributed by atoms with Crippen molar-refractivity contribution in [3.8, 4) is 11.5 Å². The van der Waals surface area contributed by atoms with E-state index in [4.69, 9.17) is 13.9 Å². The molecule has 144 valence electrons. The van der Waals surface area contributed by atoms with Gasteiger partial charge in [0.05, 0.1) is 31.6 Å². The lowest BCUT2D eigenvalue weighted by molar-refractivity contribution is -0.129. The highest BCUT2D eigenvalue weighted by atomic mass is 16.6. The molecule has 0 radical (unpaired) electrons. The molecule has 2 aliphatic rings. The van der Waals surface area contributed by atoms with Crippen molar-refractivity contribution in [1.82, 2.24) is 15.3 Å². The topological polar surface area (TPSA) is 98.5 Å². The second-order valence-electron chi connectivity index (χ2n) is 7.92. The smallest absolute Gasteiger partial charge is 0.225 e. The molecule has 1 amide bonds. The lowest BCUT2D eigenvalue weighted by Gasteiger charge is -2.23. The average molecular weight is 372 g/mol. The van der Waals surface area contributed by atoms with E-state index in [1.165, 1.54) is 0 Å². The molecule has 0 spiro atoms. The van der Waals surface area contributed by atoms with E-state index in [-0.39, 0.29) is 30.2 Å². The van der Waals surface area contributed by atoms with Crippen LogP contribution in [0, 0.1) is 5.41 Å². The summed E-state index contributed by atoms with van der Waals surface area (Å²) >= 11 is 0. The lowest BCUT2D eigenvalue weighted by atomic mass is 9.94. The fourth-order valence-electron chi connectivity index (χ4n) is 3.29. The standard InChI is InChI=1S/C19H24N4O4/c1-19(2,3)17(24)21-12-9-26-16-13(10-27-15(12)16)23-18-20-7-6-11(22-18)14-5-4-8-25-14/h4-8,12-13,15-16H,9-10H2,1-3H3,(H,21,24)(H,20,22,23)/t12-,13+,15-,16+/m1/s1. The van der Waals surface area contributed by atoms with Gasteiger partial charge in [-0.2, -0.15) is 0 Å². The fraction of sp³-hybridized carbons (Fsp3) is 0.526. The summed E-state index contributed by atoms with van der Waals surface area (Å²) in [4.78, 5) is 21.0. The summed E-state index contributed by atoms with van der Waals surface area (Å²) in [6.45, 7) is 6.56. The van der Waals surface area contributed by atoms with Crippen LogP contribution in [0.15, 0.2) is 35.1 Å². The number of rotatable bonds is 4. The van der Waals surface area contributed by atoms with Crippen molar-refractivity contribution in [3.63, 3.8) is 0 Å². The zero-order valence-electron chi connectivity index (χ0n) is 15.6. The maximum atomic E-state index is 12.3. The Labute approximate surface area is 157 Å². The molecule has 2 fully saturated rings. The summed E-state index contributed by atoms with van der Waals surface area (Å²) in [6.07, 6.45) is 2.95. The fourth-order valence-corrected chi connectivity index (χ4v) is 3.29. The highest BCUT2D eigenvalue weighted by molar-refractivity contribution is 5.81. The van der Waals surface area contributed by atoms with E-state index in [1.54, 1.807) is 18.5 Å². The first-order valence-corrected chi connectivity index (χ1v) is 9.09. The third-order valence-electron chi connectivity index (χ3n) is 4.79. The molecule has 0 unspecified atom stereocenters. The monoisotopic (exact) mass is 372 g/mol. The molecule has 27 heavy (non-hydrogen) atoms. The normalized spacial score (nSPS) is 27.4. The van der Waals surface area contributed by atoms with Gasteiger partial charge < -0.3 is 24.5 Å². The molecule has 2 aliphatic heterocycles. The number of hydrogen-bond acceptors (Lipinski definition) is 7. The van der Waals surface area contributed by atoms with Crippen LogP contribution in [0.2, 0.25) is 0 Å². The van der Waals surface area contributed by atoms with Gasteiger partial charge in [-0.05, 0) is 18.2 Å². The second-order valence-corrected chi connectivity index (χ2v) is 7.92. The van der Waals surface area contributed by atoms with Crippen LogP contribution in [0.4, 0.5) is 5.95 Å². The van der Waals surface area contributed by atoms with Crippen LogP contribution in [-0.2, 0) is 14.3 Å². The van der Waals surface area contributed by atoms with Crippen LogP contribution in [0.25, 0.3) is 11.5 Å². The van der Waals surface area contributed by atoms with E-state index >= 15 is 0 Å². The molecule has 8 nitrogen and oxygen atoms in total. The van der Waals surface area contributed by atoms with Crippen molar-refractivity contribution in [1.29, 1.82) is 0 Å². The number of ether oxygens (including phenoxy) is 2. The number of carbonyl (C=O) groups is 1. The highest BCUT2D eigenvalue weighted by Crippen LogP contribution is 2.29. The molecule has 0 saturated carbocycles. The van der Waals surface area contributed by atoms with E-state index in [2.05, 4.69) is 20.6 Å². The van der Waals surface area contributed by atoms with Crippen molar-refractivity contribution in [3.05, 3.63) is 30.7 Å². The van der Waals surface area contributed by atoms with Crippen LogP contribution in [-0.4, -0.2) is 53.4 Å².